The summed E-state index contributed by atoms with van der Waals surface area (Å²) in [7, 11) is -2.11. The second-order valence-electron chi connectivity index (χ2n) is 7.42. The second kappa shape index (κ2) is 9.55. The van der Waals surface area contributed by atoms with Gasteiger partial charge in [-0.05, 0) is 42.5 Å². The van der Waals surface area contributed by atoms with Gasteiger partial charge in [0.2, 0.25) is 21.5 Å². The van der Waals surface area contributed by atoms with Gasteiger partial charge in [-0.3, -0.25) is 14.4 Å². The number of anilines is 2. The molecule has 0 aliphatic heterocycles. The van der Waals surface area contributed by atoms with Crippen LogP contribution in [0.3, 0.4) is 0 Å². The van der Waals surface area contributed by atoms with Crippen molar-refractivity contribution in [2.24, 2.45) is 0 Å². The van der Waals surface area contributed by atoms with E-state index in [-0.39, 0.29) is 16.4 Å². The molecule has 0 fully saturated rings. The monoisotopic (exact) mass is 470 g/mol. The third-order valence-corrected chi connectivity index (χ3v) is 7.43. The van der Waals surface area contributed by atoms with Crippen molar-refractivity contribution in [3.63, 3.8) is 0 Å². The maximum absolute atomic E-state index is 13.0. The number of carbonyl (C=O) groups is 2. The lowest BCUT2D eigenvalue weighted by Crippen LogP contribution is -2.30. The van der Waals surface area contributed by atoms with Crippen LogP contribution in [0.4, 0.5) is 11.4 Å². The van der Waals surface area contributed by atoms with Crippen molar-refractivity contribution >= 4 is 44.1 Å². The molecule has 3 rings (SSSR count). The standard InChI is InChI=1S/C23H26N4O5S/c1-5-27(6-2)33(31,32)18-11-12-21-19(13-18)20(14-22(29)25-21)23(30)24-16-7-9-17(10-8-16)26(4)15(3)28/h7-14H,5-6H2,1-4H3,(H,24,30)(H,25,29). The van der Waals surface area contributed by atoms with Crippen molar-refractivity contribution < 1.29 is 18.0 Å². The number of rotatable bonds is 7. The molecule has 2 N–H and O–H groups in total. The van der Waals surface area contributed by atoms with Crippen LogP contribution in [0, 0.1) is 0 Å². The van der Waals surface area contributed by atoms with E-state index in [0.29, 0.717) is 35.4 Å². The molecule has 0 radical (unpaired) electrons. The molecule has 0 aliphatic rings. The maximum Gasteiger partial charge on any atom is 0.256 e. The number of hydrogen-bond donors (Lipinski definition) is 2. The van der Waals surface area contributed by atoms with Crippen molar-refractivity contribution in [2.45, 2.75) is 25.7 Å². The Kier molecular flexibility index (Phi) is 6.99. The average molecular weight is 471 g/mol. The summed E-state index contributed by atoms with van der Waals surface area (Å²) < 4.78 is 27.2. The van der Waals surface area contributed by atoms with E-state index in [9.17, 15) is 22.8 Å². The minimum Gasteiger partial charge on any atom is -0.322 e. The van der Waals surface area contributed by atoms with Gasteiger partial charge in [0.25, 0.3) is 5.91 Å². The van der Waals surface area contributed by atoms with Gasteiger partial charge in [0.05, 0.1) is 10.5 Å². The molecule has 2 amide bonds. The van der Waals surface area contributed by atoms with Crippen LogP contribution in [0.5, 0.6) is 0 Å². The molecule has 0 unspecified atom stereocenters. The SMILES string of the molecule is CCN(CC)S(=O)(=O)c1ccc2[nH]c(=O)cc(C(=O)Nc3ccc(N(C)C(C)=O)cc3)c2c1. The minimum atomic E-state index is -3.75. The van der Waals surface area contributed by atoms with Crippen molar-refractivity contribution in [1.82, 2.24) is 9.29 Å². The van der Waals surface area contributed by atoms with E-state index in [1.807, 2.05) is 0 Å². The van der Waals surface area contributed by atoms with E-state index >= 15 is 0 Å². The van der Waals surface area contributed by atoms with Gasteiger partial charge in [-0.1, -0.05) is 13.8 Å². The van der Waals surface area contributed by atoms with Gasteiger partial charge in [-0.25, -0.2) is 8.42 Å². The van der Waals surface area contributed by atoms with Crippen molar-refractivity contribution in [2.75, 3.05) is 30.4 Å². The number of aromatic amines is 1. The molecule has 9 nitrogen and oxygen atoms in total. The highest BCUT2D eigenvalue weighted by atomic mass is 32.2. The number of carbonyl (C=O) groups excluding carboxylic acids is 2. The molecule has 0 atom stereocenters. The van der Waals surface area contributed by atoms with Gasteiger partial charge in [-0.2, -0.15) is 4.31 Å². The molecule has 33 heavy (non-hydrogen) atoms. The van der Waals surface area contributed by atoms with Crippen LogP contribution in [-0.4, -0.2) is 49.7 Å². The van der Waals surface area contributed by atoms with Gasteiger partial charge in [0.1, 0.15) is 0 Å². The second-order valence-corrected chi connectivity index (χ2v) is 9.36. The number of nitrogens with one attached hydrogen (secondary N) is 2. The zero-order valence-corrected chi connectivity index (χ0v) is 19.7. The summed E-state index contributed by atoms with van der Waals surface area (Å²) in [6.45, 7) is 5.56. The van der Waals surface area contributed by atoms with E-state index in [0.717, 1.165) is 6.07 Å². The minimum absolute atomic E-state index is 0.0384. The van der Waals surface area contributed by atoms with E-state index in [2.05, 4.69) is 10.3 Å². The Balaban J connectivity index is 2.00. The predicted molar refractivity (Wildman–Crippen MR) is 128 cm³/mol. The number of aromatic nitrogens is 1. The molecule has 0 saturated carbocycles. The Labute approximate surface area is 192 Å². The highest BCUT2D eigenvalue weighted by Crippen LogP contribution is 2.24. The molecule has 2 aromatic carbocycles. The summed E-state index contributed by atoms with van der Waals surface area (Å²) in [5.41, 5.74) is 1.04. The van der Waals surface area contributed by atoms with Gasteiger partial charge in [0.15, 0.2) is 0 Å². The highest BCUT2D eigenvalue weighted by molar-refractivity contribution is 7.89. The summed E-state index contributed by atoms with van der Waals surface area (Å²) in [4.78, 5) is 40.8. The van der Waals surface area contributed by atoms with Crippen LogP contribution >= 0.6 is 0 Å². The average Bonchev–Trinajstić information content (AvgIpc) is 2.78. The van der Waals surface area contributed by atoms with E-state index in [4.69, 9.17) is 0 Å². The Hall–Kier alpha value is -3.50. The summed E-state index contributed by atoms with van der Waals surface area (Å²) >= 11 is 0. The highest BCUT2D eigenvalue weighted by Gasteiger charge is 2.23. The molecule has 174 valence electrons. The zero-order valence-electron chi connectivity index (χ0n) is 18.9. The summed E-state index contributed by atoms with van der Waals surface area (Å²) in [5.74, 6) is -0.687. The number of sulfonamides is 1. The largest absolute Gasteiger partial charge is 0.322 e. The molecule has 3 aromatic rings. The fraction of sp³-hybridized carbons (Fsp3) is 0.261. The van der Waals surface area contributed by atoms with Gasteiger partial charge in [-0.15, -0.1) is 0 Å². The van der Waals surface area contributed by atoms with Gasteiger partial charge < -0.3 is 15.2 Å². The van der Waals surface area contributed by atoms with E-state index in [1.165, 1.54) is 34.3 Å². The third-order valence-electron chi connectivity index (χ3n) is 5.39. The van der Waals surface area contributed by atoms with Crippen LogP contribution in [0.15, 0.2) is 58.2 Å². The topological polar surface area (TPSA) is 120 Å². The molecule has 0 saturated heterocycles. The molecular weight excluding hydrogens is 444 g/mol. The van der Waals surface area contributed by atoms with Gasteiger partial charge in [0, 0.05) is 55.4 Å². The maximum atomic E-state index is 13.0. The first kappa shape index (κ1) is 24.1. The summed E-state index contributed by atoms with van der Waals surface area (Å²) in [5, 5.41) is 3.03. The number of amides is 2. The normalized spacial score (nSPS) is 11.5. The fourth-order valence-electron chi connectivity index (χ4n) is 3.44. The molecule has 1 heterocycles. The first-order valence-corrected chi connectivity index (χ1v) is 11.9. The predicted octanol–water partition coefficient (Wildman–Crippen LogP) is 2.79. The number of H-pyrrole nitrogens is 1. The molecular formula is C23H26N4O5S. The molecule has 0 aliphatic carbocycles. The number of nitrogens with zero attached hydrogens (tertiary/aromatic N) is 2. The van der Waals surface area contributed by atoms with Crippen LogP contribution in [0.25, 0.3) is 10.9 Å². The van der Waals surface area contributed by atoms with Crippen LogP contribution in [-0.2, 0) is 14.8 Å². The van der Waals surface area contributed by atoms with E-state index in [1.54, 1.807) is 45.2 Å². The zero-order chi connectivity index (χ0) is 24.3. The number of pyridine rings is 1. The molecule has 10 heteroatoms. The number of fused-ring (bicyclic) bond motifs is 1. The van der Waals surface area contributed by atoms with Crippen LogP contribution in [0.2, 0.25) is 0 Å². The lowest BCUT2D eigenvalue weighted by atomic mass is 10.1. The summed E-state index contributed by atoms with van der Waals surface area (Å²) in [6, 6.07) is 12.1. The Morgan fingerprint density at radius 1 is 1.00 bits per heavy atom. The fourth-order valence-corrected chi connectivity index (χ4v) is 4.93. The summed E-state index contributed by atoms with van der Waals surface area (Å²) in [6.07, 6.45) is 0. The van der Waals surface area contributed by atoms with Crippen molar-refractivity contribution in [3.05, 3.63) is 64.4 Å². The Morgan fingerprint density at radius 2 is 1.64 bits per heavy atom. The third kappa shape index (κ3) is 4.96. The molecule has 0 bridgehead atoms. The first-order valence-electron chi connectivity index (χ1n) is 10.4. The number of hydrogen-bond acceptors (Lipinski definition) is 5. The Bertz CT molecular complexity index is 1360. The first-order chi connectivity index (χ1) is 15.6. The van der Waals surface area contributed by atoms with Crippen molar-refractivity contribution in [3.8, 4) is 0 Å². The van der Waals surface area contributed by atoms with Crippen LogP contribution in [0.1, 0.15) is 31.1 Å². The lowest BCUT2D eigenvalue weighted by molar-refractivity contribution is -0.116. The lowest BCUT2D eigenvalue weighted by Gasteiger charge is -2.19. The quantitative estimate of drug-likeness (QED) is 0.550. The van der Waals surface area contributed by atoms with Crippen molar-refractivity contribution in [1.29, 1.82) is 0 Å². The molecule has 1 aromatic heterocycles. The van der Waals surface area contributed by atoms with Crippen LogP contribution < -0.4 is 15.8 Å². The smallest absolute Gasteiger partial charge is 0.256 e. The van der Waals surface area contributed by atoms with E-state index < -0.39 is 21.5 Å². The van der Waals surface area contributed by atoms with Gasteiger partial charge >= 0.3 is 0 Å². The Morgan fingerprint density at radius 3 is 2.21 bits per heavy atom. The number of benzene rings is 2. The molecule has 0 spiro atoms.